The first-order chi connectivity index (χ1) is 17.3. The lowest BCUT2D eigenvalue weighted by Crippen LogP contribution is -2.28. The van der Waals surface area contributed by atoms with Crippen LogP contribution < -0.4 is 10.6 Å². The largest absolute Gasteiger partial charge is 0.344 e. The Morgan fingerprint density at radius 1 is 1.14 bits per heavy atom. The van der Waals surface area contributed by atoms with Gasteiger partial charge in [-0.25, -0.2) is 15.0 Å². The molecule has 1 atom stereocenters. The number of amides is 1. The molecule has 0 radical (unpaired) electrons. The SMILES string of the molecule is Cn1cc(Nc2nccc(-c3ccc4c(c3)CCCCC4NC(=O)c3cnc(C(C)(C)C)s3)n2)cn1. The first kappa shape index (κ1) is 24.1. The lowest BCUT2D eigenvalue weighted by atomic mass is 9.95. The second-order valence-electron chi connectivity index (χ2n) is 10.3. The van der Waals surface area contributed by atoms with E-state index in [1.54, 1.807) is 23.3 Å². The standard InChI is InChI=1S/C27H31N7OS/c1-27(2,3)25-29-15-23(36-25)24(35)32-22-8-6-5-7-17-13-18(9-10-20(17)22)21-11-12-28-26(33-21)31-19-14-30-34(4)16-19/h9-16,22H,5-8H2,1-4H3,(H,32,35)(H,28,31,33). The van der Waals surface area contributed by atoms with Crippen molar-refractivity contribution in [2.45, 2.75) is 57.9 Å². The van der Waals surface area contributed by atoms with Gasteiger partial charge in [0.15, 0.2) is 0 Å². The number of hydrogen-bond donors (Lipinski definition) is 2. The summed E-state index contributed by atoms with van der Waals surface area (Å²) in [6, 6.07) is 8.34. The number of carbonyl (C=O) groups excluding carboxylic acids is 1. The Kier molecular flexibility index (Phi) is 6.57. The molecule has 1 aliphatic rings. The topological polar surface area (TPSA) is 97.6 Å². The van der Waals surface area contributed by atoms with Crippen LogP contribution in [0.3, 0.4) is 0 Å². The van der Waals surface area contributed by atoms with Crippen LogP contribution >= 0.6 is 11.3 Å². The minimum Gasteiger partial charge on any atom is -0.344 e. The van der Waals surface area contributed by atoms with Crippen molar-refractivity contribution in [3.63, 3.8) is 0 Å². The van der Waals surface area contributed by atoms with Crippen LogP contribution in [-0.2, 0) is 18.9 Å². The molecule has 1 amide bonds. The molecule has 3 aromatic heterocycles. The Morgan fingerprint density at radius 2 is 2.00 bits per heavy atom. The molecule has 0 saturated heterocycles. The van der Waals surface area contributed by atoms with Crippen molar-refractivity contribution in [2.24, 2.45) is 7.05 Å². The highest BCUT2D eigenvalue weighted by molar-refractivity contribution is 7.13. The summed E-state index contributed by atoms with van der Waals surface area (Å²) in [4.78, 5) is 27.3. The number of aromatic nitrogens is 5. The van der Waals surface area contributed by atoms with Gasteiger partial charge in [-0.05, 0) is 42.5 Å². The van der Waals surface area contributed by atoms with Crippen LogP contribution in [0, 0.1) is 0 Å². The summed E-state index contributed by atoms with van der Waals surface area (Å²) in [5, 5.41) is 11.6. The summed E-state index contributed by atoms with van der Waals surface area (Å²) in [7, 11) is 1.87. The van der Waals surface area contributed by atoms with E-state index in [1.165, 1.54) is 22.5 Å². The highest BCUT2D eigenvalue weighted by Gasteiger charge is 2.24. The number of anilines is 2. The lowest BCUT2D eigenvalue weighted by Gasteiger charge is -2.20. The highest BCUT2D eigenvalue weighted by atomic mass is 32.1. The molecule has 3 heterocycles. The van der Waals surface area contributed by atoms with Gasteiger partial charge in [-0.2, -0.15) is 5.10 Å². The van der Waals surface area contributed by atoms with Crippen molar-refractivity contribution in [1.82, 2.24) is 30.0 Å². The highest BCUT2D eigenvalue weighted by Crippen LogP contribution is 2.33. The maximum Gasteiger partial charge on any atom is 0.263 e. The van der Waals surface area contributed by atoms with Crippen LogP contribution in [0.4, 0.5) is 11.6 Å². The Balaban J connectivity index is 1.36. The number of fused-ring (bicyclic) bond motifs is 1. The van der Waals surface area contributed by atoms with Gasteiger partial charge in [-0.1, -0.05) is 39.3 Å². The second kappa shape index (κ2) is 9.81. The average molecular weight is 502 g/mol. The van der Waals surface area contributed by atoms with Crippen LogP contribution in [0.25, 0.3) is 11.3 Å². The molecule has 0 fully saturated rings. The minimum absolute atomic E-state index is 0.0163. The van der Waals surface area contributed by atoms with Gasteiger partial charge < -0.3 is 10.6 Å². The summed E-state index contributed by atoms with van der Waals surface area (Å²) in [6.45, 7) is 6.34. The maximum absolute atomic E-state index is 13.1. The molecule has 0 bridgehead atoms. The molecule has 4 aromatic rings. The Hall–Kier alpha value is -3.59. The van der Waals surface area contributed by atoms with E-state index in [2.05, 4.69) is 64.7 Å². The van der Waals surface area contributed by atoms with Crippen molar-refractivity contribution in [1.29, 1.82) is 0 Å². The molecule has 9 heteroatoms. The molecule has 2 N–H and O–H groups in total. The number of carbonyl (C=O) groups is 1. The summed E-state index contributed by atoms with van der Waals surface area (Å²) in [5.74, 6) is 0.478. The quantitative estimate of drug-likeness (QED) is 0.347. The summed E-state index contributed by atoms with van der Waals surface area (Å²) >= 11 is 1.48. The van der Waals surface area contributed by atoms with Crippen LogP contribution in [-0.4, -0.2) is 30.6 Å². The van der Waals surface area contributed by atoms with Gasteiger partial charge in [0.1, 0.15) is 4.88 Å². The zero-order chi connectivity index (χ0) is 25.3. The predicted octanol–water partition coefficient (Wildman–Crippen LogP) is 5.57. The van der Waals surface area contributed by atoms with Gasteiger partial charge in [0.2, 0.25) is 5.95 Å². The number of aryl methyl sites for hydroxylation is 2. The Morgan fingerprint density at radius 3 is 2.75 bits per heavy atom. The normalized spacial score (nSPS) is 15.7. The van der Waals surface area contributed by atoms with Gasteiger partial charge >= 0.3 is 0 Å². The van der Waals surface area contributed by atoms with Crippen LogP contribution in [0.1, 0.15) is 71.9 Å². The summed E-state index contributed by atoms with van der Waals surface area (Å²) < 4.78 is 1.73. The zero-order valence-corrected chi connectivity index (χ0v) is 21.9. The fourth-order valence-corrected chi connectivity index (χ4v) is 5.32. The molecule has 0 saturated carbocycles. The first-order valence-electron chi connectivity index (χ1n) is 12.3. The molecule has 36 heavy (non-hydrogen) atoms. The number of rotatable bonds is 5. The molecule has 8 nitrogen and oxygen atoms in total. The van der Waals surface area contributed by atoms with E-state index in [4.69, 9.17) is 4.98 Å². The molecule has 1 aromatic carbocycles. The number of nitrogens with zero attached hydrogens (tertiary/aromatic N) is 5. The van der Waals surface area contributed by atoms with E-state index in [-0.39, 0.29) is 17.4 Å². The minimum atomic E-state index is -0.0666. The number of hydrogen-bond acceptors (Lipinski definition) is 7. The molecular formula is C27H31N7OS. The van der Waals surface area contributed by atoms with Crippen molar-refractivity contribution in [3.05, 3.63) is 70.1 Å². The maximum atomic E-state index is 13.1. The lowest BCUT2D eigenvalue weighted by molar-refractivity contribution is 0.0938. The van der Waals surface area contributed by atoms with Crippen molar-refractivity contribution >= 4 is 28.9 Å². The first-order valence-corrected chi connectivity index (χ1v) is 13.1. The second-order valence-corrected chi connectivity index (χ2v) is 11.3. The summed E-state index contributed by atoms with van der Waals surface area (Å²) in [5.41, 5.74) is 5.11. The molecule has 1 unspecified atom stereocenters. The monoisotopic (exact) mass is 501 g/mol. The van der Waals surface area contributed by atoms with Crippen molar-refractivity contribution in [3.8, 4) is 11.3 Å². The zero-order valence-electron chi connectivity index (χ0n) is 21.1. The third-order valence-corrected chi connectivity index (χ3v) is 7.72. The van der Waals surface area contributed by atoms with E-state index in [9.17, 15) is 4.79 Å². The number of thiazole rings is 1. The van der Waals surface area contributed by atoms with Crippen molar-refractivity contribution in [2.75, 3.05) is 5.32 Å². The molecule has 5 rings (SSSR count). The van der Waals surface area contributed by atoms with E-state index in [0.717, 1.165) is 47.6 Å². The Bertz CT molecular complexity index is 1380. The van der Waals surface area contributed by atoms with Gasteiger partial charge in [-0.15, -0.1) is 11.3 Å². The average Bonchev–Trinajstić information content (AvgIpc) is 3.46. The summed E-state index contributed by atoms with van der Waals surface area (Å²) in [6.07, 6.45) is 11.1. The molecule has 186 valence electrons. The smallest absolute Gasteiger partial charge is 0.263 e. The third kappa shape index (κ3) is 5.31. The van der Waals surface area contributed by atoms with Crippen LogP contribution in [0.2, 0.25) is 0 Å². The predicted molar refractivity (Wildman–Crippen MR) is 143 cm³/mol. The molecule has 0 spiro atoms. The van der Waals surface area contributed by atoms with Gasteiger partial charge in [-0.3, -0.25) is 9.48 Å². The fraction of sp³-hybridized carbons (Fsp3) is 0.370. The van der Waals surface area contributed by atoms with E-state index < -0.39 is 0 Å². The fourth-order valence-electron chi connectivity index (χ4n) is 4.44. The number of benzene rings is 1. The van der Waals surface area contributed by atoms with Gasteiger partial charge in [0.05, 0.1) is 34.8 Å². The Labute approximate surface area is 215 Å². The molecule has 0 aliphatic heterocycles. The number of nitrogens with one attached hydrogen (secondary N) is 2. The van der Waals surface area contributed by atoms with E-state index in [1.807, 2.05) is 19.3 Å². The van der Waals surface area contributed by atoms with Gasteiger partial charge in [0, 0.05) is 30.4 Å². The van der Waals surface area contributed by atoms with Crippen molar-refractivity contribution < 1.29 is 4.79 Å². The van der Waals surface area contributed by atoms with Gasteiger partial charge in [0.25, 0.3) is 5.91 Å². The van der Waals surface area contributed by atoms with Crippen LogP contribution in [0.5, 0.6) is 0 Å². The molecular weight excluding hydrogens is 470 g/mol. The molecule has 1 aliphatic carbocycles. The van der Waals surface area contributed by atoms with E-state index >= 15 is 0 Å². The third-order valence-electron chi connectivity index (χ3n) is 6.30. The van der Waals surface area contributed by atoms with E-state index in [0.29, 0.717) is 10.8 Å². The van der Waals surface area contributed by atoms with Crippen LogP contribution in [0.15, 0.2) is 49.1 Å².